The molecule has 0 saturated carbocycles. The van der Waals surface area contributed by atoms with Crippen LogP contribution in [0, 0.1) is 5.92 Å². The summed E-state index contributed by atoms with van der Waals surface area (Å²) >= 11 is 0. The summed E-state index contributed by atoms with van der Waals surface area (Å²) < 4.78 is 5.41. The highest BCUT2D eigenvalue weighted by Crippen LogP contribution is 2.22. The van der Waals surface area contributed by atoms with Gasteiger partial charge in [-0.1, -0.05) is 6.07 Å². The third-order valence-electron chi connectivity index (χ3n) is 4.57. The Labute approximate surface area is 157 Å². The standard InChI is InChI=1S/C19H26N4O4/c1-19(2,3)27-18(26)23-9-7-12(8-10-23)11-20-17-21-14-6-4-5-13(16(24)25)15(14)22-17/h4-6,12H,7-11H2,1-3H3,(H,24,25)(H2,20,21,22). The van der Waals surface area contributed by atoms with E-state index in [1.54, 1.807) is 23.1 Å². The number of amides is 1. The van der Waals surface area contributed by atoms with Gasteiger partial charge in [-0.15, -0.1) is 0 Å². The quantitative estimate of drug-likeness (QED) is 0.758. The Morgan fingerprint density at radius 3 is 2.67 bits per heavy atom. The maximum absolute atomic E-state index is 12.1. The van der Waals surface area contributed by atoms with E-state index in [1.165, 1.54) is 0 Å². The molecule has 8 heteroatoms. The molecule has 0 atom stereocenters. The minimum atomic E-state index is -0.992. The van der Waals surface area contributed by atoms with Crippen LogP contribution in [0.25, 0.3) is 11.0 Å². The number of anilines is 1. The van der Waals surface area contributed by atoms with Crippen molar-refractivity contribution < 1.29 is 19.4 Å². The van der Waals surface area contributed by atoms with Crippen molar-refractivity contribution in [3.63, 3.8) is 0 Å². The number of benzene rings is 1. The molecular formula is C19H26N4O4. The number of nitrogens with zero attached hydrogens (tertiary/aromatic N) is 2. The van der Waals surface area contributed by atoms with Crippen LogP contribution in [0.4, 0.5) is 10.7 Å². The molecule has 0 spiro atoms. The number of H-pyrrole nitrogens is 1. The molecule has 146 valence electrons. The predicted molar refractivity (Wildman–Crippen MR) is 102 cm³/mol. The van der Waals surface area contributed by atoms with Gasteiger partial charge in [0.15, 0.2) is 0 Å². The number of para-hydroxylation sites is 1. The number of aromatic carboxylic acids is 1. The number of ether oxygens (including phenoxy) is 1. The van der Waals surface area contributed by atoms with Crippen LogP contribution in [0.1, 0.15) is 44.0 Å². The molecule has 3 rings (SSSR count). The first-order chi connectivity index (χ1) is 12.7. The van der Waals surface area contributed by atoms with Gasteiger partial charge in [0.25, 0.3) is 0 Å². The number of aromatic amines is 1. The molecule has 3 N–H and O–H groups in total. The number of piperidine rings is 1. The Morgan fingerprint density at radius 1 is 1.33 bits per heavy atom. The zero-order chi connectivity index (χ0) is 19.6. The average molecular weight is 374 g/mol. The maximum atomic E-state index is 12.1. The lowest BCUT2D eigenvalue weighted by Gasteiger charge is -2.33. The van der Waals surface area contributed by atoms with Gasteiger partial charge in [-0.25, -0.2) is 14.6 Å². The molecule has 1 fully saturated rings. The van der Waals surface area contributed by atoms with Gasteiger partial charge in [0, 0.05) is 19.6 Å². The molecule has 1 aromatic heterocycles. The molecule has 0 radical (unpaired) electrons. The van der Waals surface area contributed by atoms with Crippen molar-refractivity contribution in [2.75, 3.05) is 25.0 Å². The third-order valence-corrected chi connectivity index (χ3v) is 4.57. The summed E-state index contributed by atoms with van der Waals surface area (Å²) in [5, 5.41) is 12.5. The largest absolute Gasteiger partial charge is 0.478 e. The summed E-state index contributed by atoms with van der Waals surface area (Å²) in [6, 6.07) is 5.04. The van der Waals surface area contributed by atoms with Crippen molar-refractivity contribution in [3.05, 3.63) is 23.8 Å². The van der Waals surface area contributed by atoms with E-state index in [9.17, 15) is 14.7 Å². The zero-order valence-electron chi connectivity index (χ0n) is 15.9. The van der Waals surface area contributed by atoms with Crippen molar-refractivity contribution in [1.82, 2.24) is 14.9 Å². The van der Waals surface area contributed by atoms with Gasteiger partial charge in [-0.05, 0) is 51.7 Å². The molecule has 1 saturated heterocycles. The number of imidazole rings is 1. The average Bonchev–Trinajstić information content (AvgIpc) is 3.01. The van der Waals surface area contributed by atoms with E-state index in [0.717, 1.165) is 12.8 Å². The van der Waals surface area contributed by atoms with E-state index in [-0.39, 0.29) is 11.7 Å². The Kier molecular flexibility index (Phi) is 5.25. The smallest absolute Gasteiger partial charge is 0.410 e. The van der Waals surface area contributed by atoms with Gasteiger partial charge >= 0.3 is 12.1 Å². The Balaban J connectivity index is 1.53. The van der Waals surface area contributed by atoms with Crippen LogP contribution in [-0.2, 0) is 4.74 Å². The fourth-order valence-electron chi connectivity index (χ4n) is 3.18. The molecular weight excluding hydrogens is 348 g/mol. The van der Waals surface area contributed by atoms with E-state index in [1.807, 2.05) is 20.8 Å². The van der Waals surface area contributed by atoms with Crippen molar-refractivity contribution in [3.8, 4) is 0 Å². The number of rotatable bonds is 4. The van der Waals surface area contributed by atoms with Gasteiger partial charge in [0.2, 0.25) is 5.95 Å². The van der Waals surface area contributed by atoms with E-state index >= 15 is 0 Å². The summed E-state index contributed by atoms with van der Waals surface area (Å²) in [6.07, 6.45) is 1.51. The maximum Gasteiger partial charge on any atom is 0.410 e. The number of fused-ring (bicyclic) bond motifs is 1. The van der Waals surface area contributed by atoms with Crippen molar-refractivity contribution >= 4 is 29.0 Å². The van der Waals surface area contributed by atoms with Crippen molar-refractivity contribution in [2.45, 2.75) is 39.2 Å². The van der Waals surface area contributed by atoms with Gasteiger partial charge in [0.05, 0.1) is 11.1 Å². The molecule has 0 unspecified atom stereocenters. The highest BCUT2D eigenvalue weighted by molar-refractivity contribution is 6.01. The van der Waals surface area contributed by atoms with Crippen LogP contribution < -0.4 is 5.32 Å². The normalized spacial score (nSPS) is 15.7. The second-order valence-corrected chi connectivity index (χ2v) is 7.88. The lowest BCUT2D eigenvalue weighted by atomic mass is 9.97. The molecule has 27 heavy (non-hydrogen) atoms. The Morgan fingerprint density at radius 2 is 2.04 bits per heavy atom. The first-order valence-corrected chi connectivity index (χ1v) is 9.17. The van der Waals surface area contributed by atoms with Crippen molar-refractivity contribution in [1.29, 1.82) is 0 Å². The van der Waals surface area contributed by atoms with Crippen LogP contribution in [-0.4, -0.2) is 57.3 Å². The monoisotopic (exact) mass is 374 g/mol. The number of aromatic nitrogens is 2. The summed E-state index contributed by atoms with van der Waals surface area (Å²) in [4.78, 5) is 32.6. The van der Waals surface area contributed by atoms with Gasteiger partial charge in [-0.3, -0.25) is 0 Å². The number of likely N-dealkylation sites (tertiary alicyclic amines) is 1. The highest BCUT2D eigenvalue weighted by atomic mass is 16.6. The SMILES string of the molecule is CC(C)(C)OC(=O)N1CCC(CNc2nc3c(C(=O)O)cccc3[nH]2)CC1. The lowest BCUT2D eigenvalue weighted by Crippen LogP contribution is -2.42. The molecule has 1 amide bonds. The zero-order valence-corrected chi connectivity index (χ0v) is 15.9. The number of carbonyl (C=O) groups excluding carboxylic acids is 1. The number of hydrogen-bond acceptors (Lipinski definition) is 5. The summed E-state index contributed by atoms with van der Waals surface area (Å²) in [5.41, 5.74) is 0.845. The number of carboxylic acid groups (broad SMARTS) is 1. The van der Waals surface area contributed by atoms with Gasteiger partial charge in [0.1, 0.15) is 11.1 Å². The predicted octanol–water partition coefficient (Wildman–Crippen LogP) is 3.32. The summed E-state index contributed by atoms with van der Waals surface area (Å²) in [6.45, 7) is 7.65. The highest BCUT2D eigenvalue weighted by Gasteiger charge is 2.26. The molecule has 1 aliphatic heterocycles. The second kappa shape index (κ2) is 7.46. The fourth-order valence-corrected chi connectivity index (χ4v) is 3.18. The lowest BCUT2D eigenvalue weighted by molar-refractivity contribution is 0.0188. The summed E-state index contributed by atoms with van der Waals surface area (Å²) in [5.74, 6) is -0.0164. The molecule has 0 aliphatic carbocycles. The van der Waals surface area contributed by atoms with E-state index in [2.05, 4.69) is 15.3 Å². The van der Waals surface area contributed by atoms with Crippen LogP contribution in [0.15, 0.2) is 18.2 Å². The topological polar surface area (TPSA) is 108 Å². The first kappa shape index (κ1) is 19.0. The van der Waals surface area contributed by atoms with Crippen LogP contribution in [0.5, 0.6) is 0 Å². The summed E-state index contributed by atoms with van der Waals surface area (Å²) in [7, 11) is 0. The second-order valence-electron chi connectivity index (χ2n) is 7.88. The first-order valence-electron chi connectivity index (χ1n) is 9.17. The van der Waals surface area contributed by atoms with Crippen LogP contribution >= 0.6 is 0 Å². The third kappa shape index (κ3) is 4.69. The van der Waals surface area contributed by atoms with Gasteiger partial charge < -0.3 is 25.0 Å². The van der Waals surface area contributed by atoms with E-state index in [4.69, 9.17) is 4.74 Å². The molecule has 0 bridgehead atoms. The van der Waals surface area contributed by atoms with Gasteiger partial charge in [-0.2, -0.15) is 0 Å². The number of nitrogens with one attached hydrogen (secondary N) is 2. The van der Waals surface area contributed by atoms with Crippen LogP contribution in [0.3, 0.4) is 0 Å². The molecule has 8 nitrogen and oxygen atoms in total. The molecule has 1 aliphatic rings. The molecule has 1 aromatic carbocycles. The number of hydrogen-bond donors (Lipinski definition) is 3. The van der Waals surface area contributed by atoms with E-state index in [0.29, 0.717) is 42.5 Å². The fraction of sp³-hybridized carbons (Fsp3) is 0.526. The Hall–Kier alpha value is -2.77. The number of carbonyl (C=O) groups is 2. The molecule has 2 aromatic rings. The van der Waals surface area contributed by atoms with E-state index < -0.39 is 11.6 Å². The Bertz CT molecular complexity index is 832. The minimum Gasteiger partial charge on any atom is -0.478 e. The van der Waals surface area contributed by atoms with Crippen molar-refractivity contribution in [2.24, 2.45) is 5.92 Å². The molecule has 2 heterocycles. The van der Waals surface area contributed by atoms with Crippen LogP contribution in [0.2, 0.25) is 0 Å². The number of carboxylic acids is 1. The minimum absolute atomic E-state index is 0.183.